The van der Waals surface area contributed by atoms with Gasteiger partial charge in [0.25, 0.3) is 5.91 Å². The summed E-state index contributed by atoms with van der Waals surface area (Å²) in [6, 6.07) is 1.81. The van der Waals surface area contributed by atoms with E-state index in [0.717, 1.165) is 4.47 Å². The van der Waals surface area contributed by atoms with E-state index in [9.17, 15) is 4.79 Å². The van der Waals surface area contributed by atoms with Crippen LogP contribution in [-0.4, -0.2) is 29.5 Å². The molecule has 1 aromatic rings. The van der Waals surface area contributed by atoms with E-state index >= 15 is 0 Å². The molecule has 66 valence electrons. The van der Waals surface area contributed by atoms with Crippen molar-refractivity contribution in [1.29, 1.82) is 0 Å². The maximum absolute atomic E-state index is 11.5. The highest BCUT2D eigenvalue weighted by Gasteiger charge is 2.11. The van der Waals surface area contributed by atoms with Crippen molar-refractivity contribution in [3.8, 4) is 0 Å². The number of carbonyl (C=O) groups excluding carboxylic acids is 1. The van der Waals surface area contributed by atoms with Gasteiger partial charge in [-0.2, -0.15) is 0 Å². The molecule has 4 heteroatoms. The van der Waals surface area contributed by atoms with Crippen molar-refractivity contribution in [2.75, 3.05) is 14.1 Å². The molecule has 3 nitrogen and oxygen atoms in total. The van der Waals surface area contributed by atoms with Gasteiger partial charge in [0.05, 0.1) is 0 Å². The van der Waals surface area contributed by atoms with E-state index in [1.807, 2.05) is 19.3 Å². The molecule has 0 aromatic carbocycles. The smallest absolute Gasteiger partial charge is 0.269 e. The van der Waals surface area contributed by atoms with Crippen molar-refractivity contribution >= 4 is 21.8 Å². The van der Waals surface area contributed by atoms with Crippen LogP contribution < -0.4 is 0 Å². The Labute approximate surface area is 80.1 Å². The Balaban J connectivity index is 3.02. The standard InChI is InChI=1S/C8H11BrN2O/c1-10(2)8(12)7-4-6(9)5-11(7)3/h4-5H,1-3H3. The molecule has 0 radical (unpaired) electrons. The first-order valence-electron chi connectivity index (χ1n) is 3.56. The van der Waals surface area contributed by atoms with E-state index in [0.29, 0.717) is 5.69 Å². The summed E-state index contributed by atoms with van der Waals surface area (Å²) in [6.45, 7) is 0. The molecule has 1 heterocycles. The van der Waals surface area contributed by atoms with Crippen molar-refractivity contribution in [2.24, 2.45) is 7.05 Å². The zero-order valence-electron chi connectivity index (χ0n) is 7.34. The van der Waals surface area contributed by atoms with Crippen molar-refractivity contribution < 1.29 is 4.79 Å². The highest BCUT2D eigenvalue weighted by molar-refractivity contribution is 9.10. The summed E-state index contributed by atoms with van der Waals surface area (Å²) >= 11 is 3.31. The van der Waals surface area contributed by atoms with Crippen LogP contribution in [0.15, 0.2) is 16.7 Å². The van der Waals surface area contributed by atoms with E-state index in [1.165, 1.54) is 0 Å². The largest absolute Gasteiger partial charge is 0.345 e. The molecule has 0 aliphatic carbocycles. The Kier molecular flexibility index (Phi) is 2.57. The maximum Gasteiger partial charge on any atom is 0.269 e. The van der Waals surface area contributed by atoms with Gasteiger partial charge in [0.1, 0.15) is 5.69 Å². The van der Waals surface area contributed by atoms with E-state index in [1.54, 1.807) is 23.6 Å². The predicted molar refractivity (Wildman–Crippen MR) is 51.1 cm³/mol. The van der Waals surface area contributed by atoms with E-state index < -0.39 is 0 Å². The number of aryl methyl sites for hydroxylation is 1. The number of amides is 1. The van der Waals surface area contributed by atoms with E-state index in [4.69, 9.17) is 0 Å². The lowest BCUT2D eigenvalue weighted by atomic mass is 10.4. The zero-order chi connectivity index (χ0) is 9.30. The van der Waals surface area contributed by atoms with Crippen molar-refractivity contribution in [3.05, 3.63) is 22.4 Å². The van der Waals surface area contributed by atoms with Crippen molar-refractivity contribution in [2.45, 2.75) is 0 Å². The number of hydrogen-bond acceptors (Lipinski definition) is 1. The summed E-state index contributed by atoms with van der Waals surface area (Å²) in [6.07, 6.45) is 1.86. The van der Waals surface area contributed by atoms with Gasteiger partial charge in [0.2, 0.25) is 0 Å². The fourth-order valence-corrected chi connectivity index (χ4v) is 1.49. The van der Waals surface area contributed by atoms with Crippen LogP contribution in [0, 0.1) is 0 Å². The Hall–Kier alpha value is -0.770. The number of aromatic nitrogens is 1. The molecular weight excluding hydrogens is 220 g/mol. The van der Waals surface area contributed by atoms with Gasteiger partial charge >= 0.3 is 0 Å². The first-order valence-corrected chi connectivity index (χ1v) is 4.35. The highest BCUT2D eigenvalue weighted by atomic mass is 79.9. The second kappa shape index (κ2) is 3.31. The number of hydrogen-bond donors (Lipinski definition) is 0. The predicted octanol–water partition coefficient (Wildman–Crippen LogP) is 1.49. The molecule has 0 atom stereocenters. The molecule has 1 rings (SSSR count). The SMILES string of the molecule is CN(C)C(=O)c1cc(Br)cn1C. The van der Waals surface area contributed by atoms with Crippen molar-refractivity contribution in [3.63, 3.8) is 0 Å². The summed E-state index contributed by atoms with van der Waals surface area (Å²) in [5.74, 6) is 0.0169. The van der Waals surface area contributed by atoms with Crippen LogP contribution in [0.1, 0.15) is 10.5 Å². The molecule has 1 aromatic heterocycles. The van der Waals surface area contributed by atoms with Crippen LogP contribution in [0.4, 0.5) is 0 Å². The molecule has 0 spiro atoms. The van der Waals surface area contributed by atoms with Crippen LogP contribution in [0.5, 0.6) is 0 Å². The van der Waals surface area contributed by atoms with Crippen molar-refractivity contribution in [1.82, 2.24) is 9.47 Å². The molecule has 0 saturated carbocycles. The van der Waals surface area contributed by atoms with Gasteiger partial charge < -0.3 is 9.47 Å². The van der Waals surface area contributed by atoms with Gasteiger partial charge in [-0.05, 0) is 22.0 Å². The third-order valence-electron chi connectivity index (χ3n) is 1.60. The molecule has 0 aliphatic rings. The molecule has 0 saturated heterocycles. The van der Waals surface area contributed by atoms with Gasteiger partial charge in [-0.3, -0.25) is 4.79 Å². The van der Waals surface area contributed by atoms with Crippen LogP contribution >= 0.6 is 15.9 Å². The summed E-state index contributed by atoms with van der Waals surface area (Å²) in [5, 5.41) is 0. The van der Waals surface area contributed by atoms with E-state index in [2.05, 4.69) is 15.9 Å². The lowest BCUT2D eigenvalue weighted by Crippen LogP contribution is -2.23. The average molecular weight is 231 g/mol. The molecule has 0 unspecified atom stereocenters. The maximum atomic E-state index is 11.5. The van der Waals surface area contributed by atoms with Crippen LogP contribution in [0.25, 0.3) is 0 Å². The Morgan fingerprint density at radius 2 is 2.17 bits per heavy atom. The van der Waals surface area contributed by atoms with Crippen LogP contribution in [0.3, 0.4) is 0 Å². The van der Waals surface area contributed by atoms with Gasteiger partial charge in [0.15, 0.2) is 0 Å². The molecule has 1 amide bonds. The minimum atomic E-state index is 0.0169. The first-order chi connectivity index (χ1) is 5.52. The van der Waals surface area contributed by atoms with Crippen LogP contribution in [-0.2, 0) is 7.05 Å². The third kappa shape index (κ3) is 1.69. The summed E-state index contributed by atoms with van der Waals surface area (Å²) in [5.41, 5.74) is 0.687. The summed E-state index contributed by atoms with van der Waals surface area (Å²) in [7, 11) is 5.33. The molecule has 12 heavy (non-hydrogen) atoms. The average Bonchev–Trinajstić information content (AvgIpc) is 2.28. The highest BCUT2D eigenvalue weighted by Crippen LogP contribution is 2.14. The molecule has 0 aliphatic heterocycles. The topological polar surface area (TPSA) is 25.2 Å². The lowest BCUT2D eigenvalue weighted by Gasteiger charge is -2.09. The molecule has 0 fully saturated rings. The quantitative estimate of drug-likeness (QED) is 0.718. The first kappa shape index (κ1) is 9.32. The molecule has 0 N–H and O–H groups in total. The number of carbonyl (C=O) groups is 1. The number of halogens is 1. The van der Waals surface area contributed by atoms with Gasteiger partial charge in [-0.25, -0.2) is 0 Å². The summed E-state index contributed by atoms with van der Waals surface area (Å²) < 4.78 is 2.72. The molecular formula is C8H11BrN2O. The zero-order valence-corrected chi connectivity index (χ0v) is 8.92. The minimum Gasteiger partial charge on any atom is -0.345 e. The van der Waals surface area contributed by atoms with Gasteiger partial charge in [-0.1, -0.05) is 0 Å². The minimum absolute atomic E-state index is 0.0169. The molecule has 0 bridgehead atoms. The monoisotopic (exact) mass is 230 g/mol. The number of rotatable bonds is 1. The second-order valence-electron chi connectivity index (χ2n) is 2.85. The lowest BCUT2D eigenvalue weighted by molar-refractivity contribution is 0.0818. The Morgan fingerprint density at radius 1 is 1.58 bits per heavy atom. The normalized spacial score (nSPS) is 10.0. The third-order valence-corrected chi connectivity index (χ3v) is 2.03. The second-order valence-corrected chi connectivity index (χ2v) is 3.77. The van der Waals surface area contributed by atoms with Gasteiger partial charge in [-0.15, -0.1) is 0 Å². The fraction of sp³-hybridized carbons (Fsp3) is 0.375. The van der Waals surface area contributed by atoms with E-state index in [-0.39, 0.29) is 5.91 Å². The summed E-state index contributed by atoms with van der Waals surface area (Å²) in [4.78, 5) is 13.0. The fourth-order valence-electron chi connectivity index (χ4n) is 0.966. The van der Waals surface area contributed by atoms with Gasteiger partial charge in [0, 0.05) is 31.8 Å². The Bertz CT molecular complexity index is 304. The van der Waals surface area contributed by atoms with Crippen LogP contribution in [0.2, 0.25) is 0 Å². The number of nitrogens with zero attached hydrogens (tertiary/aromatic N) is 2. The Morgan fingerprint density at radius 3 is 2.50 bits per heavy atom.